The summed E-state index contributed by atoms with van der Waals surface area (Å²) in [6.07, 6.45) is -2.93. The average molecular weight is 330 g/mol. The van der Waals surface area contributed by atoms with Crippen molar-refractivity contribution in [1.29, 1.82) is 0 Å². The number of halogens is 3. The van der Waals surface area contributed by atoms with Gasteiger partial charge in [-0.2, -0.15) is 0 Å². The molecule has 0 amide bonds. The first-order valence-corrected chi connectivity index (χ1v) is 4.72. The van der Waals surface area contributed by atoms with Crippen molar-refractivity contribution in [2.45, 2.75) is 6.43 Å². The van der Waals surface area contributed by atoms with E-state index in [9.17, 15) is 18.9 Å². The van der Waals surface area contributed by atoms with Crippen LogP contribution in [0.3, 0.4) is 0 Å². The number of nitro groups is 1. The van der Waals surface area contributed by atoms with Crippen LogP contribution in [0.1, 0.15) is 12.0 Å². The molecule has 82 valence electrons. The van der Waals surface area contributed by atoms with Crippen LogP contribution in [-0.4, -0.2) is 17.0 Å². The lowest BCUT2D eigenvalue weighted by Crippen LogP contribution is -2.02. The predicted octanol–water partition coefficient (Wildman–Crippen LogP) is 2.54. The van der Waals surface area contributed by atoms with Gasteiger partial charge in [-0.1, -0.05) is 0 Å². The molecule has 8 heteroatoms. The van der Waals surface area contributed by atoms with Crippen LogP contribution >= 0.6 is 22.6 Å². The lowest BCUT2D eigenvalue weighted by atomic mass is 10.2. The summed E-state index contributed by atoms with van der Waals surface area (Å²) in [7, 11) is 1.25. The van der Waals surface area contributed by atoms with Gasteiger partial charge in [0.25, 0.3) is 12.1 Å². The molecule has 1 rings (SSSR count). The van der Waals surface area contributed by atoms with Gasteiger partial charge in [0.2, 0.25) is 5.88 Å². The van der Waals surface area contributed by atoms with E-state index in [1.54, 1.807) is 0 Å². The van der Waals surface area contributed by atoms with Gasteiger partial charge in [0.05, 0.1) is 18.1 Å². The molecule has 0 aliphatic carbocycles. The van der Waals surface area contributed by atoms with Crippen LogP contribution in [0.4, 0.5) is 14.5 Å². The van der Waals surface area contributed by atoms with E-state index in [0.717, 1.165) is 6.07 Å². The van der Waals surface area contributed by atoms with Crippen LogP contribution in [0.15, 0.2) is 6.07 Å². The van der Waals surface area contributed by atoms with Gasteiger partial charge in [0.1, 0.15) is 9.26 Å². The normalized spacial score (nSPS) is 10.5. The van der Waals surface area contributed by atoms with E-state index >= 15 is 0 Å². The van der Waals surface area contributed by atoms with E-state index in [-0.39, 0.29) is 9.58 Å². The minimum absolute atomic E-state index is 0.0597. The van der Waals surface area contributed by atoms with Crippen LogP contribution < -0.4 is 4.74 Å². The first kappa shape index (κ1) is 12.0. The molecule has 0 fully saturated rings. The molecule has 1 aromatic rings. The van der Waals surface area contributed by atoms with Crippen LogP contribution in [0.5, 0.6) is 5.88 Å². The Hall–Kier alpha value is -1.06. The molecule has 0 aliphatic rings. The van der Waals surface area contributed by atoms with Crippen molar-refractivity contribution in [3.05, 3.63) is 25.4 Å². The van der Waals surface area contributed by atoms with Crippen LogP contribution in [0.25, 0.3) is 0 Å². The van der Waals surface area contributed by atoms with Gasteiger partial charge in [-0.3, -0.25) is 10.1 Å². The van der Waals surface area contributed by atoms with Crippen molar-refractivity contribution in [2.75, 3.05) is 7.11 Å². The standard InChI is InChI=1S/C7H5F2IN2O3/c1-15-4-2-3(12(13)14)5(6(8)9)7(10)11-4/h2,6H,1H3. The second kappa shape index (κ2) is 4.64. The van der Waals surface area contributed by atoms with Gasteiger partial charge >= 0.3 is 0 Å². The summed E-state index contributed by atoms with van der Waals surface area (Å²) < 4.78 is 29.5. The molecule has 0 saturated carbocycles. The third-order valence-corrected chi connectivity index (χ3v) is 2.41. The number of pyridine rings is 1. The van der Waals surface area contributed by atoms with Crippen molar-refractivity contribution < 1.29 is 18.4 Å². The molecule has 1 aromatic heterocycles. The second-order valence-electron chi connectivity index (χ2n) is 2.45. The molecular weight excluding hydrogens is 325 g/mol. The molecule has 1 heterocycles. The summed E-state index contributed by atoms with van der Waals surface area (Å²) in [5.41, 5.74) is -1.36. The SMILES string of the molecule is COc1cc([N+](=O)[O-])c(C(F)F)c(I)n1. The maximum absolute atomic E-state index is 12.5. The summed E-state index contributed by atoms with van der Waals surface area (Å²) in [5.74, 6) is -0.0597. The van der Waals surface area contributed by atoms with Crippen molar-refractivity contribution in [3.63, 3.8) is 0 Å². The number of hydrogen-bond acceptors (Lipinski definition) is 4. The second-order valence-corrected chi connectivity index (χ2v) is 3.47. The Morgan fingerprint density at radius 1 is 1.67 bits per heavy atom. The Morgan fingerprint density at radius 2 is 2.27 bits per heavy atom. The van der Waals surface area contributed by atoms with Crippen molar-refractivity contribution >= 4 is 28.3 Å². The highest BCUT2D eigenvalue weighted by molar-refractivity contribution is 14.1. The number of alkyl halides is 2. The van der Waals surface area contributed by atoms with E-state index < -0.39 is 22.6 Å². The first-order chi connectivity index (χ1) is 6.97. The van der Waals surface area contributed by atoms with Gasteiger partial charge in [-0.25, -0.2) is 13.8 Å². The maximum atomic E-state index is 12.5. The van der Waals surface area contributed by atoms with E-state index in [2.05, 4.69) is 9.72 Å². The highest BCUT2D eigenvalue weighted by Gasteiger charge is 2.27. The Bertz CT molecular complexity index is 400. The zero-order valence-electron chi connectivity index (χ0n) is 7.41. The number of aromatic nitrogens is 1. The molecule has 0 atom stereocenters. The molecule has 5 nitrogen and oxygen atoms in total. The van der Waals surface area contributed by atoms with Crippen molar-refractivity contribution in [2.24, 2.45) is 0 Å². The Labute approximate surface area is 96.7 Å². The summed E-state index contributed by atoms with van der Waals surface area (Å²) in [4.78, 5) is 13.3. The highest BCUT2D eigenvalue weighted by Crippen LogP contribution is 2.34. The molecule has 0 aromatic carbocycles. The fraction of sp³-hybridized carbons (Fsp3) is 0.286. The molecular formula is C7H5F2IN2O3. The predicted molar refractivity (Wildman–Crippen MR) is 55.1 cm³/mol. The van der Waals surface area contributed by atoms with E-state index in [1.165, 1.54) is 29.7 Å². The number of ether oxygens (including phenoxy) is 1. The molecule has 0 spiro atoms. The van der Waals surface area contributed by atoms with Gasteiger partial charge in [0.15, 0.2) is 0 Å². The number of methoxy groups -OCH3 is 1. The minimum atomic E-state index is -2.93. The third-order valence-electron chi connectivity index (χ3n) is 1.59. The van der Waals surface area contributed by atoms with Crippen molar-refractivity contribution in [3.8, 4) is 5.88 Å². The Balaban J connectivity index is 3.42. The van der Waals surface area contributed by atoms with Crippen molar-refractivity contribution in [1.82, 2.24) is 4.98 Å². The molecule has 0 unspecified atom stereocenters. The fourth-order valence-corrected chi connectivity index (χ4v) is 1.70. The minimum Gasteiger partial charge on any atom is -0.481 e. The van der Waals surface area contributed by atoms with E-state index in [4.69, 9.17) is 0 Å². The quantitative estimate of drug-likeness (QED) is 0.370. The largest absolute Gasteiger partial charge is 0.481 e. The molecule has 0 bridgehead atoms. The molecule has 0 saturated heterocycles. The topological polar surface area (TPSA) is 65.3 Å². The molecule has 0 aliphatic heterocycles. The summed E-state index contributed by atoms with van der Waals surface area (Å²) in [6.45, 7) is 0. The lowest BCUT2D eigenvalue weighted by Gasteiger charge is -2.05. The highest BCUT2D eigenvalue weighted by atomic mass is 127. The number of nitrogens with zero attached hydrogens (tertiary/aromatic N) is 2. The average Bonchev–Trinajstić information content (AvgIpc) is 2.15. The monoisotopic (exact) mass is 330 g/mol. The number of hydrogen-bond donors (Lipinski definition) is 0. The summed E-state index contributed by atoms with van der Waals surface area (Å²) in [6, 6.07) is 0.879. The third kappa shape index (κ3) is 2.49. The van der Waals surface area contributed by atoms with Gasteiger partial charge in [-0.05, 0) is 22.6 Å². The van der Waals surface area contributed by atoms with Crippen LogP contribution in [0.2, 0.25) is 0 Å². The number of rotatable bonds is 3. The fourth-order valence-electron chi connectivity index (χ4n) is 0.947. The maximum Gasteiger partial charge on any atom is 0.286 e. The zero-order chi connectivity index (χ0) is 11.6. The van der Waals surface area contributed by atoms with Crippen LogP contribution in [-0.2, 0) is 0 Å². The first-order valence-electron chi connectivity index (χ1n) is 3.64. The van der Waals surface area contributed by atoms with E-state index in [0.29, 0.717) is 0 Å². The zero-order valence-corrected chi connectivity index (χ0v) is 9.57. The molecule has 0 N–H and O–H groups in total. The van der Waals surface area contributed by atoms with Crippen LogP contribution in [0, 0.1) is 13.8 Å². The van der Waals surface area contributed by atoms with Gasteiger partial charge in [-0.15, -0.1) is 0 Å². The smallest absolute Gasteiger partial charge is 0.286 e. The van der Waals surface area contributed by atoms with Gasteiger partial charge < -0.3 is 4.74 Å². The Kier molecular flexibility index (Phi) is 3.72. The molecule has 0 radical (unpaired) electrons. The van der Waals surface area contributed by atoms with E-state index in [1.807, 2.05) is 0 Å². The summed E-state index contributed by atoms with van der Waals surface area (Å²) >= 11 is 1.51. The summed E-state index contributed by atoms with van der Waals surface area (Å²) in [5, 5.41) is 10.5. The lowest BCUT2D eigenvalue weighted by molar-refractivity contribution is -0.386. The molecule has 15 heavy (non-hydrogen) atoms. The van der Waals surface area contributed by atoms with Gasteiger partial charge in [0, 0.05) is 0 Å². The Morgan fingerprint density at radius 3 is 2.67 bits per heavy atom.